The van der Waals surface area contributed by atoms with Crippen LogP contribution in [0.4, 0.5) is 5.69 Å². The van der Waals surface area contributed by atoms with E-state index in [9.17, 15) is 8.42 Å². The van der Waals surface area contributed by atoms with Crippen molar-refractivity contribution in [1.29, 1.82) is 0 Å². The summed E-state index contributed by atoms with van der Waals surface area (Å²) >= 11 is 0. The summed E-state index contributed by atoms with van der Waals surface area (Å²) in [5, 5.41) is 0. The zero-order chi connectivity index (χ0) is 16.2. The second-order valence-corrected chi connectivity index (χ2v) is 7.92. The second-order valence-electron chi connectivity index (χ2n) is 6.23. The maximum absolute atomic E-state index is 12.6. The van der Waals surface area contributed by atoms with Gasteiger partial charge in [-0.25, -0.2) is 13.1 Å². The van der Waals surface area contributed by atoms with Crippen LogP contribution in [0.2, 0.25) is 0 Å². The summed E-state index contributed by atoms with van der Waals surface area (Å²) in [6, 6.07) is 4.75. The number of nitrogens with zero attached hydrogens (tertiary/aromatic N) is 1. The average molecular weight is 313 g/mol. The molecule has 0 spiro atoms. The van der Waals surface area contributed by atoms with Crippen molar-refractivity contribution in [2.45, 2.75) is 38.1 Å². The average Bonchev–Trinajstić information content (AvgIpc) is 2.24. The summed E-state index contributed by atoms with van der Waals surface area (Å²) in [6.07, 6.45) is 0.797. The number of hydrogen-bond acceptors (Lipinski definition) is 4. The Bertz CT molecular complexity index is 558. The van der Waals surface area contributed by atoms with Crippen molar-refractivity contribution in [2.24, 2.45) is 5.92 Å². The van der Waals surface area contributed by atoms with Gasteiger partial charge in [-0.3, -0.25) is 0 Å². The van der Waals surface area contributed by atoms with E-state index in [1.54, 1.807) is 25.1 Å². The molecule has 0 bridgehead atoms. The van der Waals surface area contributed by atoms with E-state index in [4.69, 9.17) is 5.73 Å². The van der Waals surface area contributed by atoms with E-state index in [2.05, 4.69) is 18.6 Å². The van der Waals surface area contributed by atoms with Gasteiger partial charge in [-0.2, -0.15) is 0 Å². The second kappa shape index (κ2) is 7.24. The molecular weight excluding hydrogens is 286 g/mol. The lowest BCUT2D eigenvalue weighted by Crippen LogP contribution is -2.42. The van der Waals surface area contributed by atoms with Gasteiger partial charge in [0.2, 0.25) is 10.0 Å². The Morgan fingerprint density at radius 1 is 1.29 bits per heavy atom. The quantitative estimate of drug-likeness (QED) is 0.753. The number of nitrogen functional groups attached to an aromatic ring is 1. The van der Waals surface area contributed by atoms with E-state index in [1.807, 2.05) is 19.0 Å². The lowest BCUT2D eigenvalue weighted by molar-refractivity contribution is 0.329. The first-order chi connectivity index (χ1) is 9.61. The van der Waals surface area contributed by atoms with Crippen LogP contribution in [0, 0.1) is 12.8 Å². The fraction of sp³-hybridized carbons (Fsp3) is 0.600. The first kappa shape index (κ1) is 17.9. The van der Waals surface area contributed by atoms with Crippen LogP contribution in [0.25, 0.3) is 0 Å². The predicted octanol–water partition coefficient (Wildman–Crippen LogP) is 1.83. The predicted molar refractivity (Wildman–Crippen MR) is 87.7 cm³/mol. The summed E-state index contributed by atoms with van der Waals surface area (Å²) in [6.45, 7) is 6.61. The molecule has 1 unspecified atom stereocenters. The molecule has 0 aliphatic heterocycles. The first-order valence-electron chi connectivity index (χ1n) is 7.15. The van der Waals surface area contributed by atoms with Crippen LogP contribution < -0.4 is 10.5 Å². The zero-order valence-electron chi connectivity index (χ0n) is 13.6. The number of sulfonamides is 1. The molecule has 21 heavy (non-hydrogen) atoms. The number of likely N-dealkylation sites (N-methyl/N-ethyl adjacent to an activating group) is 1. The molecule has 0 saturated heterocycles. The van der Waals surface area contributed by atoms with Crippen LogP contribution in [-0.2, 0) is 10.0 Å². The van der Waals surface area contributed by atoms with Gasteiger partial charge in [0.05, 0.1) is 4.90 Å². The lowest BCUT2D eigenvalue weighted by Gasteiger charge is -2.24. The highest BCUT2D eigenvalue weighted by atomic mass is 32.2. The highest BCUT2D eigenvalue weighted by molar-refractivity contribution is 7.89. The van der Waals surface area contributed by atoms with Crippen molar-refractivity contribution < 1.29 is 8.42 Å². The van der Waals surface area contributed by atoms with Gasteiger partial charge in [0.1, 0.15) is 0 Å². The normalized spacial score (nSPS) is 13.9. The lowest BCUT2D eigenvalue weighted by atomic mass is 10.0. The molecule has 120 valence electrons. The van der Waals surface area contributed by atoms with Crippen molar-refractivity contribution in [3.63, 3.8) is 0 Å². The molecule has 0 amide bonds. The molecule has 6 heteroatoms. The van der Waals surface area contributed by atoms with Crippen LogP contribution in [0.3, 0.4) is 0 Å². The van der Waals surface area contributed by atoms with Gasteiger partial charge < -0.3 is 10.6 Å². The Morgan fingerprint density at radius 3 is 2.38 bits per heavy atom. The summed E-state index contributed by atoms with van der Waals surface area (Å²) in [7, 11) is 0.351. The van der Waals surface area contributed by atoms with Crippen molar-refractivity contribution in [2.75, 3.05) is 26.4 Å². The Kier molecular flexibility index (Phi) is 6.19. The van der Waals surface area contributed by atoms with Crippen LogP contribution in [-0.4, -0.2) is 40.0 Å². The molecule has 1 aromatic rings. The SMILES string of the molecule is Cc1cc(N)ccc1S(=O)(=O)NC(CC(C)C)CN(C)C. The first-order valence-corrected chi connectivity index (χ1v) is 8.63. The number of nitrogens with one attached hydrogen (secondary N) is 1. The number of aryl methyl sites for hydroxylation is 1. The molecule has 5 nitrogen and oxygen atoms in total. The van der Waals surface area contributed by atoms with E-state index < -0.39 is 10.0 Å². The molecule has 1 atom stereocenters. The third kappa shape index (κ3) is 5.65. The van der Waals surface area contributed by atoms with E-state index >= 15 is 0 Å². The molecule has 0 fully saturated rings. The van der Waals surface area contributed by atoms with Crippen molar-refractivity contribution in [1.82, 2.24) is 9.62 Å². The van der Waals surface area contributed by atoms with E-state index in [0.717, 1.165) is 6.42 Å². The number of hydrogen-bond donors (Lipinski definition) is 2. The molecule has 1 rings (SSSR count). The molecule has 0 radical (unpaired) electrons. The minimum Gasteiger partial charge on any atom is -0.399 e. The summed E-state index contributed by atoms with van der Waals surface area (Å²) in [5.74, 6) is 0.421. The van der Waals surface area contributed by atoms with E-state index in [0.29, 0.717) is 28.6 Å². The van der Waals surface area contributed by atoms with Gasteiger partial charge in [0, 0.05) is 18.3 Å². The number of benzene rings is 1. The number of anilines is 1. The van der Waals surface area contributed by atoms with Gasteiger partial charge in [-0.05, 0) is 57.1 Å². The van der Waals surface area contributed by atoms with E-state index in [-0.39, 0.29) is 6.04 Å². The van der Waals surface area contributed by atoms with E-state index in [1.165, 1.54) is 0 Å². The maximum atomic E-state index is 12.6. The molecule has 3 N–H and O–H groups in total. The van der Waals surface area contributed by atoms with Crippen molar-refractivity contribution >= 4 is 15.7 Å². The minimum atomic E-state index is -3.53. The molecule has 0 heterocycles. The molecule has 0 saturated carbocycles. The Balaban J connectivity index is 2.99. The number of rotatable bonds is 7. The Morgan fingerprint density at radius 2 is 1.90 bits per heavy atom. The van der Waals surface area contributed by atoms with Gasteiger partial charge in [-0.1, -0.05) is 13.8 Å². The third-order valence-corrected chi connectivity index (χ3v) is 4.83. The largest absolute Gasteiger partial charge is 0.399 e. The summed E-state index contributed by atoms with van der Waals surface area (Å²) in [5.41, 5.74) is 6.91. The smallest absolute Gasteiger partial charge is 0.241 e. The minimum absolute atomic E-state index is 0.109. The van der Waals surface area contributed by atoms with Gasteiger partial charge >= 0.3 is 0 Å². The topological polar surface area (TPSA) is 75.4 Å². The van der Waals surface area contributed by atoms with Crippen molar-refractivity contribution in [3.8, 4) is 0 Å². The standard InChI is InChI=1S/C15H27N3O2S/c1-11(2)8-14(10-18(4)5)17-21(19,20)15-7-6-13(16)9-12(15)3/h6-7,9,11,14,17H,8,10,16H2,1-5H3. The monoisotopic (exact) mass is 313 g/mol. The van der Waals surface area contributed by atoms with Crippen LogP contribution in [0.1, 0.15) is 25.8 Å². The molecule has 0 aliphatic rings. The van der Waals surface area contributed by atoms with Crippen LogP contribution in [0.15, 0.2) is 23.1 Å². The summed E-state index contributed by atoms with van der Waals surface area (Å²) in [4.78, 5) is 2.29. The highest BCUT2D eigenvalue weighted by Gasteiger charge is 2.22. The zero-order valence-corrected chi connectivity index (χ0v) is 14.4. The Hall–Kier alpha value is -1.11. The Labute approximate surface area is 128 Å². The van der Waals surface area contributed by atoms with Crippen LogP contribution in [0.5, 0.6) is 0 Å². The highest BCUT2D eigenvalue weighted by Crippen LogP contribution is 2.19. The fourth-order valence-corrected chi connectivity index (χ4v) is 3.89. The number of nitrogens with two attached hydrogens (primary N) is 1. The summed E-state index contributed by atoms with van der Waals surface area (Å²) < 4.78 is 28.0. The molecule has 1 aromatic carbocycles. The van der Waals surface area contributed by atoms with Gasteiger partial charge in [-0.15, -0.1) is 0 Å². The molecule has 0 aliphatic carbocycles. The third-order valence-electron chi connectivity index (χ3n) is 3.15. The fourth-order valence-electron chi connectivity index (χ4n) is 2.43. The maximum Gasteiger partial charge on any atom is 0.241 e. The van der Waals surface area contributed by atoms with Crippen LogP contribution >= 0.6 is 0 Å². The van der Waals surface area contributed by atoms with Gasteiger partial charge in [0.25, 0.3) is 0 Å². The van der Waals surface area contributed by atoms with Crippen molar-refractivity contribution in [3.05, 3.63) is 23.8 Å². The van der Waals surface area contributed by atoms with Gasteiger partial charge in [0.15, 0.2) is 0 Å². The molecular formula is C15H27N3O2S. The molecule has 0 aromatic heterocycles.